The number of pyridine rings is 1. The van der Waals surface area contributed by atoms with Crippen molar-refractivity contribution in [2.45, 2.75) is 19.8 Å². The minimum absolute atomic E-state index is 0.0632. The number of ketones is 1. The van der Waals surface area contributed by atoms with E-state index in [1.807, 2.05) is 19.1 Å². The van der Waals surface area contributed by atoms with Gasteiger partial charge in [0.05, 0.1) is 18.5 Å². The number of hydrogen-bond acceptors (Lipinski definition) is 6. The summed E-state index contributed by atoms with van der Waals surface area (Å²) in [5.74, 6) is 1.39. The maximum Gasteiger partial charge on any atom is 0.224 e. The zero-order chi connectivity index (χ0) is 20.6. The van der Waals surface area contributed by atoms with Gasteiger partial charge in [0.2, 0.25) is 5.91 Å². The summed E-state index contributed by atoms with van der Waals surface area (Å²) in [5.41, 5.74) is 1.22. The Balaban J connectivity index is 1.46. The summed E-state index contributed by atoms with van der Waals surface area (Å²) in [7, 11) is 2.12. The highest BCUT2D eigenvalue weighted by Crippen LogP contribution is 2.17. The zero-order valence-corrected chi connectivity index (χ0v) is 17.1. The third-order valence-electron chi connectivity index (χ3n) is 4.93. The van der Waals surface area contributed by atoms with Crippen LogP contribution in [0.1, 0.15) is 30.1 Å². The highest BCUT2D eigenvalue weighted by atomic mass is 16.5. The van der Waals surface area contributed by atoms with Gasteiger partial charge in [-0.2, -0.15) is 0 Å². The maximum atomic E-state index is 12.3. The molecule has 0 aliphatic carbocycles. The van der Waals surface area contributed by atoms with Gasteiger partial charge in [-0.3, -0.25) is 9.59 Å². The molecule has 1 N–H and O–H groups in total. The summed E-state index contributed by atoms with van der Waals surface area (Å²) < 4.78 is 5.37. The van der Waals surface area contributed by atoms with E-state index in [2.05, 4.69) is 27.1 Å². The summed E-state index contributed by atoms with van der Waals surface area (Å²) in [4.78, 5) is 33.4. The van der Waals surface area contributed by atoms with E-state index in [-0.39, 0.29) is 24.5 Å². The standard InChI is InChI=1S/C22H28N4O3/c1-3-29-19-7-4-17(5-8-19)20(27)9-11-22(28)24-18-6-10-21(23-16-18)26-14-12-25(2)13-15-26/h4-8,10,16H,3,9,11-15H2,1-2H3,(H,24,28). The second kappa shape index (κ2) is 10.0. The number of carbonyl (C=O) groups excluding carboxylic acids is 2. The van der Waals surface area contributed by atoms with Crippen LogP contribution in [0.15, 0.2) is 42.6 Å². The van der Waals surface area contributed by atoms with Crippen LogP contribution in [0.5, 0.6) is 5.75 Å². The van der Waals surface area contributed by atoms with Gasteiger partial charge in [0, 0.05) is 44.6 Å². The minimum Gasteiger partial charge on any atom is -0.494 e. The molecular weight excluding hydrogens is 368 g/mol. The highest BCUT2D eigenvalue weighted by molar-refractivity contribution is 6.00. The lowest BCUT2D eigenvalue weighted by Crippen LogP contribution is -2.44. The Bertz CT molecular complexity index is 813. The molecule has 0 saturated carbocycles. The zero-order valence-electron chi connectivity index (χ0n) is 17.1. The fourth-order valence-corrected chi connectivity index (χ4v) is 3.18. The predicted octanol–water partition coefficient (Wildman–Crippen LogP) is 2.83. The number of amides is 1. The molecule has 0 radical (unpaired) electrons. The van der Waals surface area contributed by atoms with Gasteiger partial charge >= 0.3 is 0 Å². The molecule has 1 aromatic carbocycles. The number of aromatic nitrogens is 1. The van der Waals surface area contributed by atoms with Crippen LogP contribution in [-0.4, -0.2) is 61.4 Å². The van der Waals surface area contributed by atoms with Gasteiger partial charge in [0.1, 0.15) is 11.6 Å². The summed E-state index contributed by atoms with van der Waals surface area (Å²) in [6.07, 6.45) is 1.96. The fourth-order valence-electron chi connectivity index (χ4n) is 3.18. The van der Waals surface area contributed by atoms with Crippen LogP contribution in [0.25, 0.3) is 0 Å². The van der Waals surface area contributed by atoms with Crippen molar-refractivity contribution in [2.75, 3.05) is 50.1 Å². The van der Waals surface area contributed by atoms with Gasteiger partial charge in [0.25, 0.3) is 0 Å². The first kappa shape index (κ1) is 20.8. The first-order chi connectivity index (χ1) is 14.0. The number of likely N-dealkylation sites (N-methyl/N-ethyl adjacent to an activating group) is 1. The second-order valence-corrected chi connectivity index (χ2v) is 7.12. The third-order valence-corrected chi connectivity index (χ3v) is 4.93. The van der Waals surface area contributed by atoms with E-state index in [1.54, 1.807) is 30.5 Å². The van der Waals surface area contributed by atoms with E-state index in [9.17, 15) is 9.59 Å². The quantitative estimate of drug-likeness (QED) is 0.692. The average molecular weight is 396 g/mol. The van der Waals surface area contributed by atoms with E-state index in [0.717, 1.165) is 37.7 Å². The molecule has 1 aromatic heterocycles. The maximum absolute atomic E-state index is 12.3. The van der Waals surface area contributed by atoms with E-state index in [1.165, 1.54) is 0 Å². The first-order valence-corrected chi connectivity index (χ1v) is 10.0. The molecule has 1 amide bonds. The van der Waals surface area contributed by atoms with Gasteiger partial charge in [-0.1, -0.05) is 0 Å². The Morgan fingerprint density at radius 1 is 1.03 bits per heavy atom. The van der Waals surface area contributed by atoms with Gasteiger partial charge in [0.15, 0.2) is 5.78 Å². The van der Waals surface area contributed by atoms with Crippen molar-refractivity contribution in [2.24, 2.45) is 0 Å². The molecule has 29 heavy (non-hydrogen) atoms. The molecule has 1 saturated heterocycles. The molecule has 154 valence electrons. The van der Waals surface area contributed by atoms with E-state index in [4.69, 9.17) is 4.74 Å². The van der Waals surface area contributed by atoms with Crippen LogP contribution in [0, 0.1) is 0 Å². The second-order valence-electron chi connectivity index (χ2n) is 7.12. The van der Waals surface area contributed by atoms with E-state index >= 15 is 0 Å². The average Bonchev–Trinajstić information content (AvgIpc) is 2.74. The predicted molar refractivity (Wildman–Crippen MR) is 114 cm³/mol. The number of carbonyl (C=O) groups is 2. The molecule has 1 aliphatic rings. The van der Waals surface area contributed by atoms with Gasteiger partial charge < -0.3 is 19.9 Å². The molecule has 3 rings (SSSR count). The molecule has 0 atom stereocenters. The van der Waals surface area contributed by atoms with Crippen molar-refractivity contribution in [1.29, 1.82) is 0 Å². The van der Waals surface area contributed by atoms with Gasteiger partial charge in [-0.25, -0.2) is 4.98 Å². The molecule has 1 fully saturated rings. The smallest absolute Gasteiger partial charge is 0.224 e. The molecule has 1 aliphatic heterocycles. The normalized spacial score (nSPS) is 14.5. The van der Waals surface area contributed by atoms with Crippen molar-refractivity contribution in [3.05, 3.63) is 48.2 Å². The number of ether oxygens (including phenoxy) is 1. The van der Waals surface area contributed by atoms with Crippen LogP contribution < -0.4 is 15.0 Å². The molecule has 7 nitrogen and oxygen atoms in total. The SMILES string of the molecule is CCOc1ccc(C(=O)CCC(=O)Nc2ccc(N3CCN(C)CC3)nc2)cc1. The number of hydrogen-bond donors (Lipinski definition) is 1. The molecule has 0 unspecified atom stereocenters. The van der Waals surface area contributed by atoms with Gasteiger partial charge in [-0.05, 0) is 50.4 Å². The van der Waals surface area contributed by atoms with Crippen LogP contribution in [0.3, 0.4) is 0 Å². The summed E-state index contributed by atoms with van der Waals surface area (Å²) in [5, 5.41) is 2.81. The lowest BCUT2D eigenvalue weighted by atomic mass is 10.1. The molecule has 2 aromatic rings. The Labute approximate surface area is 171 Å². The number of nitrogens with zero attached hydrogens (tertiary/aromatic N) is 3. The Kier molecular flexibility index (Phi) is 7.19. The Hall–Kier alpha value is -2.93. The molecular formula is C22H28N4O3. The summed E-state index contributed by atoms with van der Waals surface area (Å²) in [6.45, 7) is 6.42. The van der Waals surface area contributed by atoms with E-state index < -0.39 is 0 Å². The number of nitrogens with one attached hydrogen (secondary N) is 1. The molecule has 0 spiro atoms. The number of Topliss-reactive ketones (excluding diaryl/α,β-unsaturated/α-hetero) is 1. The molecule has 7 heteroatoms. The Morgan fingerprint density at radius 3 is 2.38 bits per heavy atom. The lowest BCUT2D eigenvalue weighted by molar-refractivity contribution is -0.116. The van der Waals surface area contributed by atoms with Crippen LogP contribution in [0.4, 0.5) is 11.5 Å². The van der Waals surface area contributed by atoms with Crippen molar-refractivity contribution < 1.29 is 14.3 Å². The molecule has 2 heterocycles. The first-order valence-electron chi connectivity index (χ1n) is 10.0. The molecule has 0 bridgehead atoms. The number of anilines is 2. The van der Waals surface area contributed by atoms with Crippen molar-refractivity contribution in [3.63, 3.8) is 0 Å². The number of rotatable bonds is 8. The summed E-state index contributed by atoms with van der Waals surface area (Å²) in [6, 6.07) is 10.8. The topological polar surface area (TPSA) is 74.8 Å². The third kappa shape index (κ3) is 6.02. The van der Waals surface area contributed by atoms with E-state index in [0.29, 0.717) is 17.9 Å². The monoisotopic (exact) mass is 396 g/mol. The van der Waals surface area contributed by atoms with Crippen LogP contribution in [-0.2, 0) is 4.79 Å². The number of benzene rings is 1. The largest absolute Gasteiger partial charge is 0.494 e. The number of piperazine rings is 1. The van der Waals surface area contributed by atoms with Crippen molar-refractivity contribution >= 4 is 23.2 Å². The van der Waals surface area contributed by atoms with Crippen LogP contribution in [0.2, 0.25) is 0 Å². The Morgan fingerprint density at radius 2 is 1.76 bits per heavy atom. The van der Waals surface area contributed by atoms with Gasteiger partial charge in [-0.15, -0.1) is 0 Å². The van der Waals surface area contributed by atoms with Crippen molar-refractivity contribution in [1.82, 2.24) is 9.88 Å². The minimum atomic E-state index is -0.196. The lowest BCUT2D eigenvalue weighted by Gasteiger charge is -2.33. The fraction of sp³-hybridized carbons (Fsp3) is 0.409. The highest BCUT2D eigenvalue weighted by Gasteiger charge is 2.15. The van der Waals surface area contributed by atoms with Crippen molar-refractivity contribution in [3.8, 4) is 5.75 Å². The summed E-state index contributed by atoms with van der Waals surface area (Å²) >= 11 is 0. The van der Waals surface area contributed by atoms with Crippen LogP contribution >= 0.6 is 0 Å².